The topological polar surface area (TPSA) is 42.2 Å². The van der Waals surface area contributed by atoms with Gasteiger partial charge in [-0.3, -0.25) is 0 Å². The third-order valence-electron chi connectivity index (χ3n) is 3.33. The van der Waals surface area contributed by atoms with Crippen LogP contribution in [0.3, 0.4) is 0 Å². The molecule has 3 heteroatoms. The quantitative estimate of drug-likeness (QED) is 0.785. The van der Waals surface area contributed by atoms with Gasteiger partial charge in [0.1, 0.15) is 0 Å². The summed E-state index contributed by atoms with van der Waals surface area (Å²) in [5.74, 6) is 0. The highest BCUT2D eigenvalue weighted by Gasteiger charge is 2.31. The summed E-state index contributed by atoms with van der Waals surface area (Å²) >= 11 is 0. The molecule has 1 heterocycles. The Hall–Kier alpha value is -1.37. The molecular formula is C14H17NO2. The van der Waals surface area contributed by atoms with Gasteiger partial charge in [-0.25, -0.2) is 0 Å². The lowest BCUT2D eigenvalue weighted by Gasteiger charge is -2.36. The summed E-state index contributed by atoms with van der Waals surface area (Å²) in [4.78, 5) is 0. The van der Waals surface area contributed by atoms with Gasteiger partial charge in [0.05, 0.1) is 24.8 Å². The Morgan fingerprint density at radius 2 is 1.88 bits per heavy atom. The zero-order valence-corrected chi connectivity index (χ0v) is 10.3. The lowest BCUT2D eigenvalue weighted by atomic mass is 9.89. The zero-order valence-electron chi connectivity index (χ0n) is 10.3. The van der Waals surface area contributed by atoms with Crippen molar-refractivity contribution in [2.24, 2.45) is 5.41 Å². The number of ether oxygens (including phenoxy) is 2. The van der Waals surface area contributed by atoms with Gasteiger partial charge in [0.2, 0.25) is 0 Å². The Balaban J connectivity index is 2.03. The van der Waals surface area contributed by atoms with Crippen molar-refractivity contribution in [1.82, 2.24) is 0 Å². The molecule has 0 radical (unpaired) electrons. The van der Waals surface area contributed by atoms with Gasteiger partial charge in [0.15, 0.2) is 6.29 Å². The highest BCUT2D eigenvalue weighted by Crippen LogP contribution is 2.33. The van der Waals surface area contributed by atoms with Crippen molar-refractivity contribution in [3.63, 3.8) is 0 Å². The van der Waals surface area contributed by atoms with E-state index in [9.17, 15) is 0 Å². The standard InChI is InChI=1S/C14H17NO2/c1-3-14(2)9-16-13(17-10-14)12-6-4-11(8-15)5-7-12/h4-7,13H,3,9-10H2,1-2H3/t13-,14-. The van der Waals surface area contributed by atoms with Crippen LogP contribution < -0.4 is 0 Å². The first-order valence-electron chi connectivity index (χ1n) is 5.90. The van der Waals surface area contributed by atoms with E-state index in [4.69, 9.17) is 14.7 Å². The summed E-state index contributed by atoms with van der Waals surface area (Å²) in [5, 5.41) is 8.73. The van der Waals surface area contributed by atoms with Gasteiger partial charge in [-0.2, -0.15) is 5.26 Å². The highest BCUT2D eigenvalue weighted by molar-refractivity contribution is 5.32. The van der Waals surface area contributed by atoms with Crippen molar-refractivity contribution in [3.8, 4) is 6.07 Å². The first-order valence-corrected chi connectivity index (χ1v) is 5.90. The molecule has 0 amide bonds. The molecular weight excluding hydrogens is 214 g/mol. The van der Waals surface area contributed by atoms with Gasteiger partial charge in [0.25, 0.3) is 0 Å². The molecule has 17 heavy (non-hydrogen) atoms. The van der Waals surface area contributed by atoms with Gasteiger partial charge >= 0.3 is 0 Å². The van der Waals surface area contributed by atoms with E-state index in [-0.39, 0.29) is 11.7 Å². The molecule has 0 saturated carbocycles. The third-order valence-corrected chi connectivity index (χ3v) is 3.33. The van der Waals surface area contributed by atoms with Gasteiger partial charge in [0, 0.05) is 11.0 Å². The highest BCUT2D eigenvalue weighted by atomic mass is 16.7. The first-order chi connectivity index (χ1) is 8.17. The number of nitriles is 1. The van der Waals surface area contributed by atoms with Crippen LogP contribution >= 0.6 is 0 Å². The Kier molecular flexibility index (Phi) is 3.46. The second kappa shape index (κ2) is 4.87. The molecule has 0 N–H and O–H groups in total. The normalized spacial score (nSPS) is 28.6. The molecule has 3 nitrogen and oxygen atoms in total. The smallest absolute Gasteiger partial charge is 0.183 e. The van der Waals surface area contributed by atoms with Gasteiger partial charge in [-0.1, -0.05) is 26.0 Å². The van der Waals surface area contributed by atoms with Crippen molar-refractivity contribution in [2.75, 3.05) is 13.2 Å². The van der Waals surface area contributed by atoms with Crippen LogP contribution in [0.4, 0.5) is 0 Å². The fraction of sp³-hybridized carbons (Fsp3) is 0.500. The third kappa shape index (κ3) is 2.66. The molecule has 0 bridgehead atoms. The maximum absolute atomic E-state index is 8.73. The van der Waals surface area contributed by atoms with Crippen molar-refractivity contribution in [2.45, 2.75) is 26.6 Å². The van der Waals surface area contributed by atoms with Crippen LogP contribution in [0.1, 0.15) is 37.7 Å². The Morgan fingerprint density at radius 1 is 1.29 bits per heavy atom. The number of rotatable bonds is 2. The summed E-state index contributed by atoms with van der Waals surface area (Å²) in [6, 6.07) is 9.45. The van der Waals surface area contributed by atoms with Crippen molar-refractivity contribution < 1.29 is 9.47 Å². The van der Waals surface area contributed by atoms with Crippen molar-refractivity contribution in [3.05, 3.63) is 35.4 Å². The molecule has 2 rings (SSSR count). The molecule has 1 aromatic carbocycles. The maximum atomic E-state index is 8.73. The minimum absolute atomic E-state index is 0.128. The second-order valence-electron chi connectivity index (χ2n) is 4.85. The van der Waals surface area contributed by atoms with Crippen LogP contribution in [0.2, 0.25) is 0 Å². The van der Waals surface area contributed by atoms with Crippen LogP contribution in [-0.4, -0.2) is 13.2 Å². The lowest BCUT2D eigenvalue weighted by Crippen LogP contribution is -2.35. The van der Waals surface area contributed by atoms with Crippen LogP contribution in [-0.2, 0) is 9.47 Å². The van der Waals surface area contributed by atoms with Gasteiger partial charge < -0.3 is 9.47 Å². The van der Waals surface area contributed by atoms with E-state index in [0.29, 0.717) is 18.8 Å². The van der Waals surface area contributed by atoms with E-state index in [0.717, 1.165) is 12.0 Å². The van der Waals surface area contributed by atoms with Crippen LogP contribution in [0.15, 0.2) is 24.3 Å². The van der Waals surface area contributed by atoms with E-state index in [1.54, 1.807) is 12.1 Å². The van der Waals surface area contributed by atoms with Crippen LogP contribution in [0.25, 0.3) is 0 Å². The molecule has 0 aromatic heterocycles. The minimum atomic E-state index is -0.289. The molecule has 0 unspecified atom stereocenters. The molecule has 1 aromatic rings. The first kappa shape index (κ1) is 12.1. The molecule has 1 aliphatic heterocycles. The fourth-order valence-electron chi connectivity index (χ4n) is 1.75. The Morgan fingerprint density at radius 3 is 2.35 bits per heavy atom. The molecule has 0 atom stereocenters. The fourth-order valence-corrected chi connectivity index (χ4v) is 1.75. The summed E-state index contributed by atoms with van der Waals surface area (Å²) in [6.07, 6.45) is 0.759. The summed E-state index contributed by atoms with van der Waals surface area (Å²) in [7, 11) is 0. The molecule has 0 aliphatic carbocycles. The number of hydrogen-bond acceptors (Lipinski definition) is 3. The lowest BCUT2D eigenvalue weighted by molar-refractivity contribution is -0.230. The largest absolute Gasteiger partial charge is 0.348 e. The van der Waals surface area contributed by atoms with E-state index < -0.39 is 0 Å². The molecule has 1 aliphatic rings. The summed E-state index contributed by atoms with van der Waals surface area (Å²) < 4.78 is 11.5. The monoisotopic (exact) mass is 231 g/mol. The average Bonchev–Trinajstić information content (AvgIpc) is 2.40. The molecule has 0 spiro atoms. The molecule has 1 fully saturated rings. The van der Waals surface area contributed by atoms with Crippen LogP contribution in [0, 0.1) is 16.7 Å². The van der Waals surface area contributed by atoms with Gasteiger partial charge in [-0.15, -0.1) is 0 Å². The van der Waals surface area contributed by atoms with Crippen molar-refractivity contribution >= 4 is 0 Å². The zero-order chi connectivity index (χ0) is 12.3. The van der Waals surface area contributed by atoms with E-state index >= 15 is 0 Å². The van der Waals surface area contributed by atoms with Crippen molar-refractivity contribution in [1.29, 1.82) is 5.26 Å². The number of benzene rings is 1. The molecule has 90 valence electrons. The number of hydrogen-bond donors (Lipinski definition) is 0. The average molecular weight is 231 g/mol. The van der Waals surface area contributed by atoms with E-state index in [2.05, 4.69) is 19.9 Å². The predicted octanol–water partition coefficient (Wildman–Crippen LogP) is 3.02. The predicted molar refractivity (Wildman–Crippen MR) is 64.2 cm³/mol. The minimum Gasteiger partial charge on any atom is -0.348 e. The Bertz CT molecular complexity index is 411. The molecule has 1 saturated heterocycles. The van der Waals surface area contributed by atoms with Crippen LogP contribution in [0.5, 0.6) is 0 Å². The second-order valence-corrected chi connectivity index (χ2v) is 4.85. The van der Waals surface area contributed by atoms with E-state index in [1.807, 2.05) is 12.1 Å². The van der Waals surface area contributed by atoms with Gasteiger partial charge in [-0.05, 0) is 18.6 Å². The van der Waals surface area contributed by atoms with E-state index in [1.165, 1.54) is 0 Å². The summed E-state index contributed by atoms with van der Waals surface area (Å²) in [6.45, 7) is 5.75. The maximum Gasteiger partial charge on any atom is 0.183 e. The summed E-state index contributed by atoms with van der Waals surface area (Å²) in [5.41, 5.74) is 1.76. The number of nitrogens with zero attached hydrogens (tertiary/aromatic N) is 1. The Labute approximate surface area is 102 Å². The SMILES string of the molecule is CC[C@]1(C)CO[C@@H](c2ccc(C#N)cc2)OC1.